The Morgan fingerprint density at radius 1 is 1.38 bits per heavy atom. The van der Waals surface area contributed by atoms with Crippen molar-refractivity contribution in [2.24, 2.45) is 0 Å². The van der Waals surface area contributed by atoms with Gasteiger partial charge in [0.15, 0.2) is 0 Å². The molecule has 1 atom stereocenters. The zero-order valence-electron chi connectivity index (χ0n) is 9.37. The minimum atomic E-state index is -1.28. The number of rotatable bonds is 4. The van der Waals surface area contributed by atoms with Gasteiger partial charge < -0.3 is 10.2 Å². The van der Waals surface area contributed by atoms with Gasteiger partial charge in [-0.05, 0) is 31.0 Å². The molecule has 16 heavy (non-hydrogen) atoms. The largest absolute Gasteiger partial charge is 0.387 e. The van der Waals surface area contributed by atoms with Crippen molar-refractivity contribution in [3.63, 3.8) is 0 Å². The van der Waals surface area contributed by atoms with Crippen molar-refractivity contribution in [3.05, 3.63) is 34.1 Å². The molecule has 1 rings (SSSR count). The molecule has 0 saturated carbocycles. The highest BCUT2D eigenvalue weighted by Crippen LogP contribution is 2.34. The molecule has 0 bridgehead atoms. The Balaban J connectivity index is 3.12. The van der Waals surface area contributed by atoms with Crippen molar-refractivity contribution >= 4 is 15.9 Å². The first-order valence-electron chi connectivity index (χ1n) is 5.30. The van der Waals surface area contributed by atoms with Crippen LogP contribution in [-0.4, -0.2) is 15.8 Å². The molecule has 2 N–H and O–H groups in total. The van der Waals surface area contributed by atoms with Gasteiger partial charge in [-0.25, -0.2) is 4.39 Å². The maximum absolute atomic E-state index is 13.5. The topological polar surface area (TPSA) is 40.5 Å². The number of benzene rings is 1. The maximum atomic E-state index is 13.5. The zero-order chi connectivity index (χ0) is 12.3. The predicted octanol–water partition coefficient (Wildman–Crippen LogP) is 3.17. The standard InChI is InChI=1S/C12H16BrFO2/c1-3-12(16,4-2)11(15)9-7-8(13)5-6-10(9)14/h5-7,11,15-16H,3-4H2,1-2H3. The van der Waals surface area contributed by atoms with E-state index in [1.807, 2.05) is 0 Å². The average molecular weight is 291 g/mol. The van der Waals surface area contributed by atoms with E-state index in [2.05, 4.69) is 15.9 Å². The van der Waals surface area contributed by atoms with Crippen LogP contribution in [0.5, 0.6) is 0 Å². The van der Waals surface area contributed by atoms with Crippen LogP contribution in [0.3, 0.4) is 0 Å². The third-order valence-electron chi connectivity index (χ3n) is 2.99. The van der Waals surface area contributed by atoms with Crippen LogP contribution in [0.1, 0.15) is 38.4 Å². The molecule has 0 fully saturated rings. The lowest BCUT2D eigenvalue weighted by molar-refractivity contribution is -0.0834. The molecular formula is C12H16BrFO2. The predicted molar refractivity (Wildman–Crippen MR) is 64.6 cm³/mol. The molecule has 0 aromatic heterocycles. The highest BCUT2D eigenvalue weighted by atomic mass is 79.9. The van der Waals surface area contributed by atoms with Crippen LogP contribution in [0.4, 0.5) is 4.39 Å². The average Bonchev–Trinajstić information content (AvgIpc) is 2.30. The van der Waals surface area contributed by atoms with Gasteiger partial charge in [0.1, 0.15) is 11.9 Å². The minimum absolute atomic E-state index is 0.126. The Bertz CT molecular complexity index is 364. The van der Waals surface area contributed by atoms with Crippen molar-refractivity contribution in [1.29, 1.82) is 0 Å². The monoisotopic (exact) mass is 290 g/mol. The molecule has 0 amide bonds. The Hall–Kier alpha value is -0.450. The van der Waals surface area contributed by atoms with E-state index < -0.39 is 17.5 Å². The van der Waals surface area contributed by atoms with Crippen molar-refractivity contribution in [2.75, 3.05) is 0 Å². The fourth-order valence-corrected chi connectivity index (χ4v) is 2.03. The highest BCUT2D eigenvalue weighted by Gasteiger charge is 2.34. The second-order valence-corrected chi connectivity index (χ2v) is 4.79. The second-order valence-electron chi connectivity index (χ2n) is 3.88. The molecule has 1 unspecified atom stereocenters. The third kappa shape index (κ3) is 2.62. The number of aliphatic hydroxyl groups is 2. The molecule has 0 spiro atoms. The van der Waals surface area contributed by atoms with E-state index >= 15 is 0 Å². The third-order valence-corrected chi connectivity index (χ3v) is 3.48. The molecule has 0 radical (unpaired) electrons. The number of halogens is 2. The second kappa shape index (κ2) is 5.25. The quantitative estimate of drug-likeness (QED) is 0.894. The van der Waals surface area contributed by atoms with Crippen LogP contribution < -0.4 is 0 Å². The first kappa shape index (κ1) is 13.6. The van der Waals surface area contributed by atoms with Crippen LogP contribution in [0, 0.1) is 5.82 Å². The van der Waals surface area contributed by atoms with Gasteiger partial charge >= 0.3 is 0 Å². The summed E-state index contributed by atoms with van der Waals surface area (Å²) in [4.78, 5) is 0. The summed E-state index contributed by atoms with van der Waals surface area (Å²) in [5, 5.41) is 20.2. The Labute approximate surface area is 103 Å². The van der Waals surface area contributed by atoms with Crippen LogP contribution in [0.2, 0.25) is 0 Å². The van der Waals surface area contributed by atoms with E-state index in [4.69, 9.17) is 0 Å². The van der Waals surface area contributed by atoms with Crippen molar-refractivity contribution in [2.45, 2.75) is 38.4 Å². The molecule has 0 heterocycles. The molecule has 0 saturated heterocycles. The summed E-state index contributed by atoms with van der Waals surface area (Å²) < 4.78 is 14.2. The van der Waals surface area contributed by atoms with Gasteiger partial charge in [0.25, 0.3) is 0 Å². The van der Waals surface area contributed by atoms with E-state index in [9.17, 15) is 14.6 Å². The molecule has 2 nitrogen and oxygen atoms in total. The van der Waals surface area contributed by atoms with Crippen LogP contribution in [0.15, 0.2) is 22.7 Å². The summed E-state index contributed by atoms with van der Waals surface area (Å²) in [5.74, 6) is -0.504. The summed E-state index contributed by atoms with van der Waals surface area (Å²) in [6, 6.07) is 4.33. The van der Waals surface area contributed by atoms with Gasteiger partial charge in [-0.3, -0.25) is 0 Å². The molecular weight excluding hydrogens is 275 g/mol. The molecule has 90 valence electrons. The van der Waals surface area contributed by atoms with Crippen LogP contribution in [-0.2, 0) is 0 Å². The molecule has 0 aliphatic rings. The number of aliphatic hydroxyl groups excluding tert-OH is 1. The summed E-state index contributed by atoms with van der Waals surface area (Å²) in [7, 11) is 0. The van der Waals surface area contributed by atoms with Crippen molar-refractivity contribution in [3.8, 4) is 0 Å². The van der Waals surface area contributed by atoms with Gasteiger partial charge in [-0.1, -0.05) is 29.8 Å². The summed E-state index contributed by atoms with van der Waals surface area (Å²) in [6.45, 7) is 3.53. The Morgan fingerprint density at radius 2 is 1.94 bits per heavy atom. The van der Waals surface area contributed by atoms with Gasteiger partial charge in [0.05, 0.1) is 5.60 Å². The summed E-state index contributed by atoms with van der Waals surface area (Å²) >= 11 is 3.22. The van der Waals surface area contributed by atoms with Crippen LogP contribution in [0.25, 0.3) is 0 Å². The smallest absolute Gasteiger partial charge is 0.129 e. The molecule has 0 aliphatic carbocycles. The van der Waals surface area contributed by atoms with E-state index in [0.29, 0.717) is 17.3 Å². The fraction of sp³-hybridized carbons (Fsp3) is 0.500. The van der Waals surface area contributed by atoms with Crippen molar-refractivity contribution in [1.82, 2.24) is 0 Å². The first-order chi connectivity index (χ1) is 7.44. The normalized spacial score (nSPS) is 13.9. The molecule has 1 aromatic rings. The highest BCUT2D eigenvalue weighted by molar-refractivity contribution is 9.10. The maximum Gasteiger partial charge on any atom is 0.129 e. The molecule has 1 aromatic carbocycles. The molecule has 0 aliphatic heterocycles. The minimum Gasteiger partial charge on any atom is -0.387 e. The zero-order valence-corrected chi connectivity index (χ0v) is 11.0. The first-order valence-corrected chi connectivity index (χ1v) is 6.09. The van der Waals surface area contributed by atoms with Gasteiger partial charge in [-0.15, -0.1) is 0 Å². The fourth-order valence-electron chi connectivity index (χ4n) is 1.65. The van der Waals surface area contributed by atoms with Crippen LogP contribution >= 0.6 is 15.9 Å². The van der Waals surface area contributed by atoms with E-state index in [1.54, 1.807) is 19.9 Å². The molecule has 4 heteroatoms. The van der Waals surface area contributed by atoms with E-state index in [0.717, 1.165) is 0 Å². The van der Waals surface area contributed by atoms with E-state index in [1.165, 1.54) is 12.1 Å². The lowest BCUT2D eigenvalue weighted by Gasteiger charge is -2.31. The lowest BCUT2D eigenvalue weighted by atomic mass is 9.86. The SMILES string of the molecule is CCC(O)(CC)C(O)c1cc(Br)ccc1F. The number of hydrogen-bond donors (Lipinski definition) is 2. The summed E-state index contributed by atoms with van der Waals surface area (Å²) in [5.41, 5.74) is -1.15. The van der Waals surface area contributed by atoms with Crippen molar-refractivity contribution < 1.29 is 14.6 Å². The van der Waals surface area contributed by atoms with Gasteiger partial charge in [0.2, 0.25) is 0 Å². The lowest BCUT2D eigenvalue weighted by Crippen LogP contribution is -2.35. The van der Waals surface area contributed by atoms with Gasteiger partial charge in [0, 0.05) is 10.0 Å². The van der Waals surface area contributed by atoms with Gasteiger partial charge in [-0.2, -0.15) is 0 Å². The Morgan fingerprint density at radius 3 is 2.44 bits per heavy atom. The number of hydrogen-bond acceptors (Lipinski definition) is 2. The Kier molecular flexibility index (Phi) is 4.47. The summed E-state index contributed by atoms with van der Waals surface area (Å²) in [6.07, 6.45) is -0.465. The van der Waals surface area contributed by atoms with E-state index in [-0.39, 0.29) is 5.56 Å².